The fourth-order valence-corrected chi connectivity index (χ4v) is 5.15. The van der Waals surface area contributed by atoms with E-state index in [-0.39, 0.29) is 11.5 Å². The predicted molar refractivity (Wildman–Crippen MR) is 82.0 cm³/mol. The molecule has 3 atom stereocenters. The first-order valence-corrected chi connectivity index (χ1v) is 8.10. The molecule has 0 amide bonds. The molecule has 0 spiro atoms. The summed E-state index contributed by atoms with van der Waals surface area (Å²) in [6, 6.07) is 6.18. The number of ether oxygens (including phenoxy) is 1. The number of hydrogen-bond acceptors (Lipinski definition) is 3. The highest BCUT2D eigenvalue weighted by Gasteiger charge is 2.56. The number of fused-ring (bicyclic) bond motifs is 1. The van der Waals surface area contributed by atoms with Crippen molar-refractivity contribution < 1.29 is 9.53 Å². The molecule has 0 unspecified atom stereocenters. The molecule has 2 bridgehead atoms. The molecule has 3 heteroatoms. The van der Waals surface area contributed by atoms with Crippen LogP contribution in [-0.2, 0) is 5.41 Å². The van der Waals surface area contributed by atoms with Gasteiger partial charge in [0.15, 0.2) is 5.78 Å². The van der Waals surface area contributed by atoms with Crippen molar-refractivity contribution in [3.05, 3.63) is 29.3 Å². The van der Waals surface area contributed by atoms with Crippen LogP contribution in [0.2, 0.25) is 0 Å². The topological polar surface area (TPSA) is 29.5 Å². The minimum atomic E-state index is 0.0972. The molecule has 1 saturated heterocycles. The second-order valence-corrected chi connectivity index (χ2v) is 6.96. The van der Waals surface area contributed by atoms with Crippen LogP contribution in [0.4, 0.5) is 0 Å². The standard InChI is InChI=1S/C18H23NO2/c1-19-10-9-18-8-4-3-5-14(18)16(19)17(20)13-7-6-12(21-2)11-15(13)18/h6-7,11,14,16H,3-5,8-10H2,1-2H3/t14-,16-,18+/m0/s1. The van der Waals surface area contributed by atoms with Gasteiger partial charge in [0.05, 0.1) is 13.2 Å². The van der Waals surface area contributed by atoms with Crippen molar-refractivity contribution in [1.29, 1.82) is 0 Å². The van der Waals surface area contributed by atoms with Gasteiger partial charge in [-0.1, -0.05) is 12.8 Å². The third-order valence-corrected chi connectivity index (χ3v) is 6.16. The van der Waals surface area contributed by atoms with Gasteiger partial charge in [-0.05, 0) is 62.5 Å². The van der Waals surface area contributed by atoms with Crippen LogP contribution in [0, 0.1) is 5.92 Å². The van der Waals surface area contributed by atoms with Gasteiger partial charge in [0, 0.05) is 11.0 Å². The Balaban J connectivity index is 1.95. The summed E-state index contributed by atoms with van der Waals surface area (Å²) in [5, 5.41) is 0. The maximum absolute atomic E-state index is 13.0. The van der Waals surface area contributed by atoms with Gasteiger partial charge in [-0.2, -0.15) is 0 Å². The van der Waals surface area contributed by atoms with Gasteiger partial charge in [-0.3, -0.25) is 9.69 Å². The monoisotopic (exact) mass is 285 g/mol. The van der Waals surface area contributed by atoms with E-state index in [0.29, 0.717) is 11.7 Å². The quantitative estimate of drug-likeness (QED) is 0.794. The van der Waals surface area contributed by atoms with E-state index < -0.39 is 0 Å². The van der Waals surface area contributed by atoms with Crippen LogP contribution >= 0.6 is 0 Å². The van der Waals surface area contributed by atoms with E-state index >= 15 is 0 Å². The predicted octanol–water partition coefficient (Wildman–Crippen LogP) is 3.02. The largest absolute Gasteiger partial charge is 0.497 e. The first kappa shape index (κ1) is 13.3. The minimum absolute atomic E-state index is 0.0972. The Kier molecular flexibility index (Phi) is 2.90. The van der Waals surface area contributed by atoms with E-state index in [9.17, 15) is 4.79 Å². The molecule has 112 valence electrons. The molecule has 1 saturated carbocycles. The number of benzene rings is 1. The second kappa shape index (κ2) is 4.57. The summed E-state index contributed by atoms with van der Waals surface area (Å²) in [6.07, 6.45) is 6.16. The van der Waals surface area contributed by atoms with Gasteiger partial charge in [-0.15, -0.1) is 0 Å². The number of ketones is 1. The highest BCUT2D eigenvalue weighted by Crippen LogP contribution is 2.55. The van der Waals surface area contributed by atoms with Gasteiger partial charge in [0.25, 0.3) is 0 Å². The van der Waals surface area contributed by atoms with E-state index in [4.69, 9.17) is 4.74 Å². The number of carbonyl (C=O) groups excluding carboxylic acids is 1. The smallest absolute Gasteiger partial charge is 0.180 e. The fraction of sp³-hybridized carbons (Fsp3) is 0.611. The first-order valence-electron chi connectivity index (χ1n) is 8.10. The molecule has 0 radical (unpaired) electrons. The Hall–Kier alpha value is -1.35. The minimum Gasteiger partial charge on any atom is -0.497 e. The summed E-state index contributed by atoms with van der Waals surface area (Å²) >= 11 is 0. The molecule has 1 aromatic carbocycles. The lowest BCUT2D eigenvalue weighted by Crippen LogP contribution is -2.62. The maximum atomic E-state index is 13.0. The highest BCUT2D eigenvalue weighted by atomic mass is 16.5. The average molecular weight is 285 g/mol. The van der Waals surface area contributed by atoms with E-state index in [1.165, 1.54) is 37.7 Å². The van der Waals surface area contributed by atoms with Gasteiger partial charge in [0.1, 0.15) is 5.75 Å². The summed E-state index contributed by atoms with van der Waals surface area (Å²) in [6.45, 7) is 1.03. The van der Waals surface area contributed by atoms with Crippen LogP contribution in [0.1, 0.15) is 48.0 Å². The van der Waals surface area contributed by atoms with E-state index in [1.807, 2.05) is 12.1 Å². The van der Waals surface area contributed by atoms with E-state index in [1.54, 1.807) is 7.11 Å². The number of rotatable bonds is 1. The lowest BCUT2D eigenvalue weighted by molar-refractivity contribution is 0.00835. The first-order chi connectivity index (χ1) is 10.2. The second-order valence-electron chi connectivity index (χ2n) is 6.96. The summed E-state index contributed by atoms with van der Waals surface area (Å²) in [5.41, 5.74) is 2.44. The molecule has 4 rings (SSSR count). The van der Waals surface area contributed by atoms with E-state index in [2.05, 4.69) is 18.0 Å². The number of Topliss-reactive ketones (excluding diaryl/α,β-unsaturated/α-hetero) is 1. The van der Waals surface area contributed by atoms with Crippen molar-refractivity contribution in [1.82, 2.24) is 4.90 Å². The van der Waals surface area contributed by atoms with Crippen molar-refractivity contribution >= 4 is 5.78 Å². The number of likely N-dealkylation sites (tertiary alicyclic amines) is 1. The van der Waals surface area contributed by atoms with Gasteiger partial charge in [0.2, 0.25) is 0 Å². The summed E-state index contributed by atoms with van der Waals surface area (Å²) in [5.74, 6) is 1.71. The van der Waals surface area contributed by atoms with Crippen molar-refractivity contribution in [2.45, 2.75) is 43.6 Å². The highest BCUT2D eigenvalue weighted by molar-refractivity contribution is 6.03. The molecule has 3 aliphatic rings. The zero-order chi connectivity index (χ0) is 14.6. The molecule has 1 aliphatic heterocycles. The van der Waals surface area contributed by atoms with Crippen LogP contribution in [0.15, 0.2) is 18.2 Å². The molecule has 0 N–H and O–H groups in total. The summed E-state index contributed by atoms with van der Waals surface area (Å²) in [7, 11) is 3.83. The number of hydrogen-bond donors (Lipinski definition) is 0. The van der Waals surface area contributed by atoms with Gasteiger partial charge < -0.3 is 4.74 Å². The molecule has 2 aliphatic carbocycles. The maximum Gasteiger partial charge on any atom is 0.180 e. The fourth-order valence-electron chi connectivity index (χ4n) is 5.15. The molecular formula is C18H23NO2. The van der Waals surface area contributed by atoms with Crippen molar-refractivity contribution in [3.8, 4) is 5.75 Å². The lowest BCUT2D eigenvalue weighted by Gasteiger charge is -2.57. The normalized spacial score (nSPS) is 35.0. The Labute approximate surface area is 126 Å². The van der Waals surface area contributed by atoms with Crippen molar-refractivity contribution in [2.75, 3.05) is 20.7 Å². The van der Waals surface area contributed by atoms with Crippen LogP contribution < -0.4 is 4.74 Å². The lowest BCUT2D eigenvalue weighted by atomic mass is 9.52. The Morgan fingerprint density at radius 3 is 2.95 bits per heavy atom. The number of piperidine rings is 1. The van der Waals surface area contributed by atoms with Crippen LogP contribution in [-0.4, -0.2) is 37.4 Å². The Morgan fingerprint density at radius 1 is 1.29 bits per heavy atom. The molecule has 3 nitrogen and oxygen atoms in total. The van der Waals surface area contributed by atoms with Crippen molar-refractivity contribution in [3.63, 3.8) is 0 Å². The number of carbonyl (C=O) groups is 1. The van der Waals surface area contributed by atoms with Gasteiger partial charge in [-0.25, -0.2) is 0 Å². The number of nitrogens with zero attached hydrogens (tertiary/aromatic N) is 1. The van der Waals surface area contributed by atoms with Gasteiger partial charge >= 0.3 is 0 Å². The van der Waals surface area contributed by atoms with Crippen LogP contribution in [0.25, 0.3) is 0 Å². The molecule has 1 heterocycles. The molecule has 0 aromatic heterocycles. The number of likely N-dealkylation sites (N-methyl/N-ethyl adjacent to an activating group) is 1. The van der Waals surface area contributed by atoms with E-state index in [0.717, 1.165) is 17.9 Å². The number of methoxy groups -OCH3 is 1. The molecule has 1 aromatic rings. The summed E-state index contributed by atoms with van der Waals surface area (Å²) < 4.78 is 5.43. The third-order valence-electron chi connectivity index (χ3n) is 6.16. The summed E-state index contributed by atoms with van der Waals surface area (Å²) in [4.78, 5) is 15.3. The SMILES string of the molecule is COc1ccc2c(c1)[C@@]13CCCC[C@H]1[C@@H](C2=O)N(C)CC3. The Bertz CT molecular complexity index is 597. The van der Waals surface area contributed by atoms with Crippen molar-refractivity contribution in [2.24, 2.45) is 5.92 Å². The Morgan fingerprint density at radius 2 is 2.14 bits per heavy atom. The molecular weight excluding hydrogens is 262 g/mol. The van der Waals surface area contributed by atoms with Crippen LogP contribution in [0.3, 0.4) is 0 Å². The van der Waals surface area contributed by atoms with Crippen LogP contribution in [0.5, 0.6) is 5.75 Å². The zero-order valence-corrected chi connectivity index (χ0v) is 12.9. The molecule has 2 fully saturated rings. The molecule has 21 heavy (non-hydrogen) atoms. The third kappa shape index (κ3) is 1.67. The zero-order valence-electron chi connectivity index (χ0n) is 12.9. The average Bonchev–Trinajstić information content (AvgIpc) is 2.53.